The zero-order chi connectivity index (χ0) is 20.2. The number of sulfonamides is 1. The van der Waals surface area contributed by atoms with Crippen molar-refractivity contribution in [2.45, 2.75) is 44.9 Å². The SMILES string of the molecule is CCN(CC)C(=O)c1cccc(NS(=O)(=O)c2ccc(C(C)(C)C)cc2)c1. The van der Waals surface area contributed by atoms with Crippen LogP contribution in [0.2, 0.25) is 0 Å². The average Bonchev–Trinajstić information content (AvgIpc) is 2.62. The van der Waals surface area contributed by atoms with E-state index in [0.29, 0.717) is 24.3 Å². The fourth-order valence-electron chi connectivity index (χ4n) is 2.76. The van der Waals surface area contributed by atoms with Crippen molar-refractivity contribution in [3.63, 3.8) is 0 Å². The Balaban J connectivity index is 2.25. The summed E-state index contributed by atoms with van der Waals surface area (Å²) >= 11 is 0. The van der Waals surface area contributed by atoms with Crippen LogP contribution in [0.4, 0.5) is 5.69 Å². The molecular formula is C21H28N2O3S. The van der Waals surface area contributed by atoms with Crippen LogP contribution in [0.15, 0.2) is 53.4 Å². The number of carbonyl (C=O) groups is 1. The van der Waals surface area contributed by atoms with Crippen molar-refractivity contribution < 1.29 is 13.2 Å². The fourth-order valence-corrected chi connectivity index (χ4v) is 3.81. The summed E-state index contributed by atoms with van der Waals surface area (Å²) < 4.78 is 27.9. The van der Waals surface area contributed by atoms with Crippen LogP contribution in [0.1, 0.15) is 50.5 Å². The number of nitrogens with one attached hydrogen (secondary N) is 1. The molecule has 1 N–H and O–H groups in total. The van der Waals surface area contributed by atoms with Crippen LogP contribution in [-0.2, 0) is 15.4 Å². The normalized spacial score (nSPS) is 11.9. The Hall–Kier alpha value is -2.34. The van der Waals surface area contributed by atoms with Gasteiger partial charge in [-0.1, -0.05) is 39.0 Å². The molecule has 0 radical (unpaired) electrons. The molecule has 27 heavy (non-hydrogen) atoms. The van der Waals surface area contributed by atoms with Gasteiger partial charge in [0, 0.05) is 24.3 Å². The molecule has 146 valence electrons. The van der Waals surface area contributed by atoms with E-state index in [9.17, 15) is 13.2 Å². The molecule has 0 aliphatic carbocycles. The Kier molecular flexibility index (Phi) is 6.31. The summed E-state index contributed by atoms with van der Waals surface area (Å²) in [6.45, 7) is 11.3. The van der Waals surface area contributed by atoms with Gasteiger partial charge in [0.05, 0.1) is 4.90 Å². The van der Waals surface area contributed by atoms with Crippen LogP contribution in [-0.4, -0.2) is 32.3 Å². The lowest BCUT2D eigenvalue weighted by atomic mass is 9.87. The Labute approximate surface area is 162 Å². The number of rotatable bonds is 6. The van der Waals surface area contributed by atoms with Gasteiger partial charge in [0.2, 0.25) is 0 Å². The molecule has 0 atom stereocenters. The number of nitrogens with zero attached hydrogens (tertiary/aromatic N) is 1. The molecule has 6 heteroatoms. The second-order valence-electron chi connectivity index (χ2n) is 7.44. The molecule has 2 rings (SSSR count). The van der Waals surface area contributed by atoms with Gasteiger partial charge in [-0.3, -0.25) is 9.52 Å². The quantitative estimate of drug-likeness (QED) is 0.804. The summed E-state index contributed by atoms with van der Waals surface area (Å²) in [5.74, 6) is -0.115. The summed E-state index contributed by atoms with van der Waals surface area (Å²) in [6, 6.07) is 13.4. The molecule has 5 nitrogen and oxygen atoms in total. The molecule has 0 aliphatic heterocycles. The minimum absolute atomic E-state index is 0.0468. The van der Waals surface area contributed by atoms with Crippen molar-refractivity contribution in [1.82, 2.24) is 4.90 Å². The van der Waals surface area contributed by atoms with Crippen LogP contribution in [0.3, 0.4) is 0 Å². The third kappa shape index (κ3) is 5.10. The van der Waals surface area contributed by atoms with Crippen molar-refractivity contribution in [2.75, 3.05) is 17.8 Å². The highest BCUT2D eigenvalue weighted by molar-refractivity contribution is 7.92. The number of carbonyl (C=O) groups excluding carboxylic acids is 1. The van der Waals surface area contributed by atoms with Gasteiger partial charge in [0.25, 0.3) is 15.9 Å². The molecule has 0 saturated carbocycles. The van der Waals surface area contributed by atoms with E-state index in [1.54, 1.807) is 41.3 Å². The Morgan fingerprint density at radius 1 is 1.00 bits per heavy atom. The first-order chi connectivity index (χ1) is 12.6. The van der Waals surface area contributed by atoms with Crippen molar-refractivity contribution in [1.29, 1.82) is 0 Å². The molecular weight excluding hydrogens is 360 g/mol. The van der Waals surface area contributed by atoms with Crippen LogP contribution < -0.4 is 4.72 Å². The topological polar surface area (TPSA) is 66.5 Å². The largest absolute Gasteiger partial charge is 0.339 e. The summed E-state index contributed by atoms with van der Waals surface area (Å²) in [5.41, 5.74) is 1.85. The Morgan fingerprint density at radius 2 is 1.59 bits per heavy atom. The Morgan fingerprint density at radius 3 is 2.11 bits per heavy atom. The lowest BCUT2D eigenvalue weighted by Gasteiger charge is -2.20. The van der Waals surface area contributed by atoms with Crippen molar-refractivity contribution in [3.8, 4) is 0 Å². The molecule has 0 spiro atoms. The van der Waals surface area contributed by atoms with E-state index in [2.05, 4.69) is 25.5 Å². The molecule has 0 aromatic heterocycles. The van der Waals surface area contributed by atoms with E-state index < -0.39 is 10.0 Å². The van der Waals surface area contributed by atoms with E-state index in [1.807, 2.05) is 26.0 Å². The zero-order valence-corrected chi connectivity index (χ0v) is 17.4. The van der Waals surface area contributed by atoms with Gasteiger partial charge in [-0.25, -0.2) is 8.42 Å². The molecule has 0 fully saturated rings. The predicted molar refractivity (Wildman–Crippen MR) is 110 cm³/mol. The summed E-state index contributed by atoms with van der Waals surface area (Å²) in [7, 11) is -3.72. The van der Waals surface area contributed by atoms with Crippen molar-refractivity contribution in [2.24, 2.45) is 0 Å². The smallest absolute Gasteiger partial charge is 0.261 e. The first-order valence-corrected chi connectivity index (χ1v) is 10.6. The summed E-state index contributed by atoms with van der Waals surface area (Å²) in [4.78, 5) is 14.4. The minimum atomic E-state index is -3.72. The van der Waals surface area contributed by atoms with Gasteiger partial charge < -0.3 is 4.90 Å². The summed E-state index contributed by atoms with van der Waals surface area (Å²) in [6.07, 6.45) is 0. The van der Waals surface area contributed by atoms with Crippen molar-refractivity contribution >= 4 is 21.6 Å². The van der Waals surface area contributed by atoms with Gasteiger partial charge in [-0.05, 0) is 55.2 Å². The molecule has 0 unspecified atom stereocenters. The second kappa shape index (κ2) is 8.13. The maximum absolute atomic E-state index is 12.7. The highest BCUT2D eigenvalue weighted by Gasteiger charge is 2.19. The van der Waals surface area contributed by atoms with Crippen molar-refractivity contribution in [3.05, 3.63) is 59.7 Å². The number of benzene rings is 2. The lowest BCUT2D eigenvalue weighted by molar-refractivity contribution is 0.0773. The highest BCUT2D eigenvalue weighted by Crippen LogP contribution is 2.24. The van der Waals surface area contributed by atoms with Crippen LogP contribution in [0.25, 0.3) is 0 Å². The second-order valence-corrected chi connectivity index (χ2v) is 9.12. The number of anilines is 1. The fraction of sp³-hybridized carbons (Fsp3) is 0.381. The monoisotopic (exact) mass is 388 g/mol. The van der Waals surface area contributed by atoms with E-state index in [-0.39, 0.29) is 16.2 Å². The van der Waals surface area contributed by atoms with Crippen LogP contribution in [0, 0.1) is 0 Å². The van der Waals surface area contributed by atoms with Gasteiger partial charge in [0.15, 0.2) is 0 Å². The molecule has 0 saturated heterocycles. The zero-order valence-electron chi connectivity index (χ0n) is 16.6. The summed E-state index contributed by atoms with van der Waals surface area (Å²) in [5, 5.41) is 0. The van der Waals surface area contributed by atoms with E-state index >= 15 is 0 Å². The van der Waals surface area contributed by atoms with Gasteiger partial charge in [-0.2, -0.15) is 0 Å². The predicted octanol–water partition coefficient (Wildman–Crippen LogP) is 4.27. The molecule has 2 aromatic rings. The van der Waals surface area contributed by atoms with Crippen LogP contribution >= 0.6 is 0 Å². The van der Waals surface area contributed by atoms with E-state index in [4.69, 9.17) is 0 Å². The number of amides is 1. The number of hydrogen-bond acceptors (Lipinski definition) is 3. The van der Waals surface area contributed by atoms with Crippen LogP contribution in [0.5, 0.6) is 0 Å². The first-order valence-electron chi connectivity index (χ1n) is 9.11. The van der Waals surface area contributed by atoms with E-state index in [0.717, 1.165) is 5.56 Å². The maximum Gasteiger partial charge on any atom is 0.261 e. The van der Waals surface area contributed by atoms with Gasteiger partial charge in [-0.15, -0.1) is 0 Å². The van der Waals surface area contributed by atoms with Gasteiger partial charge >= 0.3 is 0 Å². The first kappa shape index (κ1) is 21.0. The standard InChI is InChI=1S/C21H28N2O3S/c1-6-23(7-2)20(24)16-9-8-10-18(15-16)22-27(25,26)19-13-11-17(12-14-19)21(3,4)5/h8-15,22H,6-7H2,1-5H3. The lowest BCUT2D eigenvalue weighted by Crippen LogP contribution is -2.30. The molecule has 1 amide bonds. The Bertz CT molecular complexity index is 894. The third-order valence-corrected chi connectivity index (χ3v) is 5.84. The number of hydrogen-bond donors (Lipinski definition) is 1. The molecule has 0 bridgehead atoms. The maximum atomic E-state index is 12.7. The minimum Gasteiger partial charge on any atom is -0.339 e. The molecule has 0 aliphatic rings. The van der Waals surface area contributed by atoms with Gasteiger partial charge in [0.1, 0.15) is 0 Å². The third-order valence-electron chi connectivity index (χ3n) is 4.44. The average molecular weight is 389 g/mol. The molecule has 0 heterocycles. The van der Waals surface area contributed by atoms with E-state index in [1.165, 1.54) is 0 Å². The molecule has 2 aromatic carbocycles. The highest BCUT2D eigenvalue weighted by atomic mass is 32.2.